The lowest BCUT2D eigenvalue weighted by molar-refractivity contribution is 0.0984. The summed E-state index contributed by atoms with van der Waals surface area (Å²) in [5, 5.41) is 22.0. The molecule has 2 aromatic heterocycles. The third kappa shape index (κ3) is 5.46. The molecule has 0 saturated heterocycles. The standard InChI is InChI=1S/C20H26N6O2/c1-13-9-18(22-12-15(13)7-8-21)24-19-11-16(25-26-19)10-14(2)23-20(27)28-17-5-3-4-6-17/h9,11-12,14,17H,3-7,10H2,1-2H3,(H,23,27)(H2,22,24,25,26). The Hall–Kier alpha value is -3.08. The summed E-state index contributed by atoms with van der Waals surface area (Å²) in [5.74, 6) is 1.32. The Morgan fingerprint density at radius 3 is 2.89 bits per heavy atom. The summed E-state index contributed by atoms with van der Waals surface area (Å²) in [6, 6.07) is 5.84. The Morgan fingerprint density at radius 1 is 1.39 bits per heavy atom. The van der Waals surface area contributed by atoms with Crippen LogP contribution in [0.15, 0.2) is 18.3 Å². The summed E-state index contributed by atoms with van der Waals surface area (Å²) < 4.78 is 5.43. The second-order valence-electron chi connectivity index (χ2n) is 7.30. The van der Waals surface area contributed by atoms with Crippen LogP contribution in [0.1, 0.15) is 49.4 Å². The number of anilines is 2. The number of carbonyl (C=O) groups is 1. The van der Waals surface area contributed by atoms with Gasteiger partial charge in [0, 0.05) is 30.4 Å². The van der Waals surface area contributed by atoms with Crippen LogP contribution in [0.4, 0.5) is 16.4 Å². The predicted molar refractivity (Wildman–Crippen MR) is 105 cm³/mol. The summed E-state index contributed by atoms with van der Waals surface area (Å²) in [6.07, 6.45) is 6.56. The fraction of sp³-hybridized carbons (Fsp3) is 0.500. The van der Waals surface area contributed by atoms with Gasteiger partial charge in [0.25, 0.3) is 0 Å². The zero-order valence-corrected chi connectivity index (χ0v) is 16.3. The molecule has 28 heavy (non-hydrogen) atoms. The maximum Gasteiger partial charge on any atom is 0.407 e. The third-order valence-corrected chi connectivity index (χ3v) is 4.84. The van der Waals surface area contributed by atoms with Crippen LogP contribution in [0.2, 0.25) is 0 Å². The molecule has 1 aliphatic rings. The van der Waals surface area contributed by atoms with Gasteiger partial charge in [-0.15, -0.1) is 0 Å². The van der Waals surface area contributed by atoms with Crippen LogP contribution in [0.25, 0.3) is 0 Å². The van der Waals surface area contributed by atoms with Crippen molar-refractivity contribution in [2.75, 3.05) is 5.32 Å². The highest BCUT2D eigenvalue weighted by Crippen LogP contribution is 2.21. The number of nitrogens with zero attached hydrogens (tertiary/aromatic N) is 3. The van der Waals surface area contributed by atoms with Crippen LogP contribution in [0.3, 0.4) is 0 Å². The van der Waals surface area contributed by atoms with E-state index < -0.39 is 0 Å². The largest absolute Gasteiger partial charge is 0.446 e. The van der Waals surface area contributed by atoms with Gasteiger partial charge >= 0.3 is 6.09 Å². The summed E-state index contributed by atoms with van der Waals surface area (Å²) in [5.41, 5.74) is 2.82. The molecule has 2 heterocycles. The molecule has 1 aliphatic carbocycles. The molecule has 2 aromatic rings. The van der Waals surface area contributed by atoms with Crippen molar-refractivity contribution >= 4 is 17.7 Å². The molecule has 0 aromatic carbocycles. The molecule has 1 fully saturated rings. The number of rotatable bonds is 7. The Balaban J connectivity index is 1.50. The van der Waals surface area contributed by atoms with Crippen LogP contribution < -0.4 is 10.6 Å². The first-order chi connectivity index (χ1) is 13.5. The van der Waals surface area contributed by atoms with E-state index in [0.717, 1.165) is 42.5 Å². The minimum atomic E-state index is -0.352. The number of aryl methyl sites for hydroxylation is 1. The fourth-order valence-electron chi connectivity index (χ4n) is 3.36. The summed E-state index contributed by atoms with van der Waals surface area (Å²) in [4.78, 5) is 16.3. The van der Waals surface area contributed by atoms with Gasteiger partial charge in [-0.2, -0.15) is 10.4 Å². The van der Waals surface area contributed by atoms with Crippen molar-refractivity contribution in [1.82, 2.24) is 20.5 Å². The number of amides is 1. The number of hydrogen-bond acceptors (Lipinski definition) is 6. The lowest BCUT2D eigenvalue weighted by Gasteiger charge is -2.16. The Morgan fingerprint density at radius 2 is 2.18 bits per heavy atom. The van der Waals surface area contributed by atoms with Gasteiger partial charge in [-0.1, -0.05) is 0 Å². The molecule has 1 unspecified atom stereocenters. The van der Waals surface area contributed by atoms with E-state index in [1.807, 2.05) is 26.0 Å². The van der Waals surface area contributed by atoms with E-state index in [-0.39, 0.29) is 18.2 Å². The molecule has 148 valence electrons. The van der Waals surface area contributed by atoms with Crippen molar-refractivity contribution < 1.29 is 9.53 Å². The highest BCUT2D eigenvalue weighted by atomic mass is 16.6. The number of aromatic amines is 1. The van der Waals surface area contributed by atoms with Gasteiger partial charge in [0.15, 0.2) is 5.82 Å². The van der Waals surface area contributed by atoms with Gasteiger partial charge < -0.3 is 15.4 Å². The first kappa shape index (κ1) is 19.7. The first-order valence-corrected chi connectivity index (χ1v) is 9.64. The average Bonchev–Trinajstić information content (AvgIpc) is 3.29. The first-order valence-electron chi connectivity index (χ1n) is 9.64. The summed E-state index contributed by atoms with van der Waals surface area (Å²) in [6.45, 7) is 3.89. The van der Waals surface area contributed by atoms with Crippen LogP contribution >= 0.6 is 0 Å². The normalized spacial score (nSPS) is 15.0. The van der Waals surface area contributed by atoms with E-state index >= 15 is 0 Å². The quantitative estimate of drug-likeness (QED) is 0.675. The number of aromatic nitrogens is 3. The third-order valence-electron chi connectivity index (χ3n) is 4.84. The number of nitrogens with one attached hydrogen (secondary N) is 3. The van der Waals surface area contributed by atoms with Gasteiger partial charge in [0.05, 0.1) is 12.5 Å². The Labute approximate surface area is 164 Å². The second kappa shape index (κ2) is 9.22. The van der Waals surface area contributed by atoms with Crippen molar-refractivity contribution in [3.63, 3.8) is 0 Å². The van der Waals surface area contributed by atoms with E-state index in [1.54, 1.807) is 6.20 Å². The number of nitriles is 1. The fourth-order valence-corrected chi connectivity index (χ4v) is 3.36. The van der Waals surface area contributed by atoms with Crippen LogP contribution in [0, 0.1) is 18.3 Å². The molecule has 1 atom stereocenters. The Kier molecular flexibility index (Phi) is 6.48. The second-order valence-corrected chi connectivity index (χ2v) is 7.30. The van der Waals surface area contributed by atoms with Gasteiger partial charge in [-0.25, -0.2) is 9.78 Å². The molecule has 0 radical (unpaired) electrons. The van der Waals surface area contributed by atoms with Gasteiger partial charge in [-0.3, -0.25) is 5.10 Å². The molecule has 0 aliphatic heterocycles. The minimum absolute atomic E-state index is 0.0608. The van der Waals surface area contributed by atoms with Gasteiger partial charge in [0.1, 0.15) is 11.9 Å². The number of carbonyl (C=O) groups excluding carboxylic acids is 1. The lowest BCUT2D eigenvalue weighted by atomic mass is 10.1. The van der Waals surface area contributed by atoms with E-state index in [1.165, 1.54) is 0 Å². The van der Waals surface area contributed by atoms with E-state index in [4.69, 9.17) is 10.00 Å². The molecule has 3 N–H and O–H groups in total. The number of H-pyrrole nitrogens is 1. The number of alkyl carbamates (subject to hydrolysis) is 1. The van der Waals surface area contributed by atoms with E-state index in [0.29, 0.717) is 24.5 Å². The molecular formula is C20H26N6O2. The van der Waals surface area contributed by atoms with Crippen LogP contribution in [-0.2, 0) is 17.6 Å². The summed E-state index contributed by atoms with van der Waals surface area (Å²) >= 11 is 0. The number of ether oxygens (including phenoxy) is 1. The van der Waals surface area contributed by atoms with Gasteiger partial charge in [-0.05, 0) is 56.7 Å². The monoisotopic (exact) mass is 382 g/mol. The molecule has 8 nitrogen and oxygen atoms in total. The molecule has 0 bridgehead atoms. The van der Waals surface area contributed by atoms with E-state index in [9.17, 15) is 4.79 Å². The lowest BCUT2D eigenvalue weighted by Crippen LogP contribution is -2.36. The molecule has 8 heteroatoms. The van der Waals surface area contributed by atoms with Crippen molar-refractivity contribution in [2.45, 2.75) is 64.5 Å². The van der Waals surface area contributed by atoms with Crippen LogP contribution in [-0.4, -0.2) is 33.4 Å². The minimum Gasteiger partial charge on any atom is -0.446 e. The number of hydrogen-bond donors (Lipinski definition) is 3. The molecule has 1 amide bonds. The maximum absolute atomic E-state index is 12.0. The van der Waals surface area contributed by atoms with Crippen LogP contribution in [0.5, 0.6) is 0 Å². The van der Waals surface area contributed by atoms with Crippen molar-refractivity contribution in [3.8, 4) is 6.07 Å². The highest BCUT2D eigenvalue weighted by molar-refractivity contribution is 5.67. The molecular weight excluding hydrogens is 356 g/mol. The van der Waals surface area contributed by atoms with Gasteiger partial charge in [0.2, 0.25) is 0 Å². The van der Waals surface area contributed by atoms with E-state index in [2.05, 4.69) is 31.9 Å². The molecule has 0 spiro atoms. The highest BCUT2D eigenvalue weighted by Gasteiger charge is 2.20. The average molecular weight is 382 g/mol. The zero-order valence-electron chi connectivity index (χ0n) is 16.3. The van der Waals surface area contributed by atoms with Crippen molar-refractivity contribution in [1.29, 1.82) is 5.26 Å². The van der Waals surface area contributed by atoms with Crippen molar-refractivity contribution in [3.05, 3.63) is 35.2 Å². The SMILES string of the molecule is Cc1cc(Nc2cc(CC(C)NC(=O)OC3CCCC3)[nH]n2)ncc1CC#N. The predicted octanol–water partition coefficient (Wildman–Crippen LogP) is 3.52. The topological polar surface area (TPSA) is 116 Å². The zero-order chi connectivity index (χ0) is 19.9. The van der Waals surface area contributed by atoms with Crippen molar-refractivity contribution in [2.24, 2.45) is 0 Å². The maximum atomic E-state index is 12.0. The summed E-state index contributed by atoms with van der Waals surface area (Å²) in [7, 11) is 0. The molecule has 1 saturated carbocycles. The smallest absolute Gasteiger partial charge is 0.407 e. The molecule has 3 rings (SSSR count). The Bertz CT molecular complexity index is 851. The number of pyridine rings is 1.